The molecule has 5 heteroatoms. The summed E-state index contributed by atoms with van der Waals surface area (Å²) in [6, 6.07) is 9.91. The van der Waals surface area contributed by atoms with Crippen molar-refractivity contribution in [3.8, 4) is 0 Å². The Balaban J connectivity index is 1.42. The molecule has 30 heavy (non-hydrogen) atoms. The Bertz CT molecular complexity index is 754. The van der Waals surface area contributed by atoms with E-state index in [1.54, 1.807) is 12.2 Å². The zero-order valence-electron chi connectivity index (χ0n) is 17.5. The number of aryl methyl sites for hydroxylation is 1. The minimum absolute atomic E-state index is 0.0396. The number of hydrogen-bond donors (Lipinski definition) is 2. The molecule has 2 N–H and O–H groups in total. The summed E-state index contributed by atoms with van der Waals surface area (Å²) in [7, 11) is 0. The van der Waals surface area contributed by atoms with E-state index >= 15 is 0 Å². The van der Waals surface area contributed by atoms with Gasteiger partial charge >= 0.3 is 0 Å². The van der Waals surface area contributed by atoms with Crippen LogP contribution in [0.5, 0.6) is 0 Å². The molecule has 2 aliphatic rings. The molecule has 1 aromatic carbocycles. The first-order chi connectivity index (χ1) is 14.5. The lowest BCUT2D eigenvalue weighted by Gasteiger charge is -2.19. The molecular weight excluding hydrogens is 378 g/mol. The maximum Gasteiger partial charge on any atom is 0.222 e. The predicted octanol–water partition coefficient (Wildman–Crippen LogP) is 3.06. The molecule has 0 spiro atoms. The number of rotatable bonds is 11. The molecule has 3 rings (SSSR count). The van der Waals surface area contributed by atoms with Crippen molar-refractivity contribution >= 4 is 11.7 Å². The van der Waals surface area contributed by atoms with Crippen molar-refractivity contribution in [2.45, 2.75) is 57.2 Å². The van der Waals surface area contributed by atoms with Crippen LogP contribution in [0.2, 0.25) is 0 Å². The van der Waals surface area contributed by atoms with Gasteiger partial charge in [-0.3, -0.25) is 9.59 Å². The highest BCUT2D eigenvalue weighted by atomic mass is 16.3. The molecule has 1 aromatic rings. The zero-order valence-corrected chi connectivity index (χ0v) is 17.5. The maximum absolute atomic E-state index is 12.2. The Morgan fingerprint density at radius 1 is 1.03 bits per heavy atom. The number of carbonyl (C=O) groups is 2. The molecule has 0 aromatic heterocycles. The summed E-state index contributed by atoms with van der Waals surface area (Å²) in [5, 5.41) is 20.6. The quantitative estimate of drug-likeness (QED) is 0.254. The average Bonchev–Trinajstić information content (AvgIpc) is 3.55. The van der Waals surface area contributed by atoms with Gasteiger partial charge in [-0.15, -0.1) is 0 Å². The van der Waals surface area contributed by atoms with Crippen molar-refractivity contribution in [2.24, 2.45) is 11.8 Å². The zero-order chi connectivity index (χ0) is 21.3. The van der Waals surface area contributed by atoms with Gasteiger partial charge < -0.3 is 15.1 Å². The minimum atomic E-state index is -0.623. The lowest BCUT2D eigenvalue weighted by Crippen LogP contribution is -2.20. The van der Waals surface area contributed by atoms with E-state index in [0.717, 1.165) is 31.5 Å². The second-order valence-electron chi connectivity index (χ2n) is 8.40. The van der Waals surface area contributed by atoms with Gasteiger partial charge in [-0.1, -0.05) is 48.6 Å². The van der Waals surface area contributed by atoms with Crippen molar-refractivity contribution in [1.29, 1.82) is 0 Å². The molecule has 1 aliphatic heterocycles. The molecule has 2 fully saturated rings. The fraction of sp³-hybridized carbons (Fsp3) is 0.520. The molecule has 0 bridgehead atoms. The lowest BCUT2D eigenvalue weighted by molar-refractivity contribution is -0.125. The van der Waals surface area contributed by atoms with E-state index in [0.29, 0.717) is 32.1 Å². The van der Waals surface area contributed by atoms with E-state index < -0.39 is 12.2 Å². The SMILES string of the molecule is O=C(/C=C/[C@@H]1[C@@H](C/C=C\CCCC(=O)N2CC2)[C@@H](O)C[C@H]1O)CCc1ccccc1. The summed E-state index contributed by atoms with van der Waals surface area (Å²) in [6.07, 6.45) is 10.7. The molecule has 5 nitrogen and oxygen atoms in total. The number of amides is 1. The molecular formula is C25H33NO4. The molecule has 4 atom stereocenters. The van der Waals surface area contributed by atoms with Crippen molar-refractivity contribution in [3.05, 3.63) is 60.2 Å². The van der Waals surface area contributed by atoms with Gasteiger partial charge in [-0.2, -0.15) is 0 Å². The first-order valence-corrected chi connectivity index (χ1v) is 11.1. The highest BCUT2D eigenvalue weighted by Gasteiger charge is 2.39. The Kier molecular flexibility index (Phi) is 8.40. The lowest BCUT2D eigenvalue weighted by atomic mass is 9.89. The topological polar surface area (TPSA) is 77.6 Å². The number of aliphatic hydroxyl groups is 2. The number of carbonyl (C=O) groups excluding carboxylic acids is 2. The Hall–Kier alpha value is -2.24. The minimum Gasteiger partial charge on any atom is -0.393 e. The first-order valence-electron chi connectivity index (χ1n) is 11.1. The van der Waals surface area contributed by atoms with E-state index in [1.807, 2.05) is 41.3 Å². The molecule has 162 valence electrons. The smallest absolute Gasteiger partial charge is 0.222 e. The average molecular weight is 412 g/mol. The molecule has 0 unspecified atom stereocenters. The standard InChI is InChI=1S/C25H33NO4/c27-20(13-12-19-8-4-3-5-9-19)14-15-22-21(23(28)18-24(22)29)10-6-1-2-7-11-25(30)26-16-17-26/h1,3-6,8-9,14-15,21-24,28-29H,2,7,10-13,16-18H2/b6-1-,15-14+/t21-,22-,23+,24-/m1/s1. The van der Waals surface area contributed by atoms with Crippen molar-refractivity contribution in [1.82, 2.24) is 4.90 Å². The summed E-state index contributed by atoms with van der Waals surface area (Å²) in [5.41, 5.74) is 1.13. The summed E-state index contributed by atoms with van der Waals surface area (Å²) < 4.78 is 0. The van der Waals surface area contributed by atoms with Gasteiger partial charge in [0, 0.05) is 38.3 Å². The first kappa shape index (κ1) is 22.4. The van der Waals surface area contributed by atoms with E-state index in [1.165, 1.54) is 0 Å². The van der Waals surface area contributed by atoms with Crippen LogP contribution in [0.1, 0.15) is 44.1 Å². The van der Waals surface area contributed by atoms with Gasteiger partial charge in [-0.05, 0) is 43.2 Å². The second kappa shape index (κ2) is 11.2. The van der Waals surface area contributed by atoms with E-state index in [4.69, 9.17) is 0 Å². The van der Waals surface area contributed by atoms with Gasteiger partial charge in [0.1, 0.15) is 0 Å². The van der Waals surface area contributed by atoms with Gasteiger partial charge in [0.15, 0.2) is 5.78 Å². The summed E-state index contributed by atoms with van der Waals surface area (Å²) >= 11 is 0. The number of ketones is 1. The highest BCUT2D eigenvalue weighted by Crippen LogP contribution is 2.36. The van der Waals surface area contributed by atoms with Gasteiger partial charge in [0.05, 0.1) is 12.2 Å². The third-order valence-corrected chi connectivity index (χ3v) is 6.06. The van der Waals surface area contributed by atoms with Crippen LogP contribution in [0.4, 0.5) is 0 Å². The number of aliphatic hydroxyl groups excluding tert-OH is 2. The largest absolute Gasteiger partial charge is 0.393 e. The number of hydrogen-bond acceptors (Lipinski definition) is 4. The van der Waals surface area contributed by atoms with Crippen LogP contribution in [-0.2, 0) is 16.0 Å². The normalized spacial score (nSPS) is 26.0. The molecule has 0 radical (unpaired) electrons. The van der Waals surface area contributed by atoms with Crippen LogP contribution in [-0.4, -0.2) is 52.1 Å². The maximum atomic E-state index is 12.2. The third kappa shape index (κ3) is 6.92. The Labute approximate surface area is 179 Å². The van der Waals surface area contributed by atoms with Crippen molar-refractivity contribution in [3.63, 3.8) is 0 Å². The third-order valence-electron chi connectivity index (χ3n) is 6.06. The van der Waals surface area contributed by atoms with Crippen molar-refractivity contribution in [2.75, 3.05) is 13.1 Å². The van der Waals surface area contributed by atoms with Crippen molar-refractivity contribution < 1.29 is 19.8 Å². The highest BCUT2D eigenvalue weighted by molar-refractivity contribution is 5.89. The fourth-order valence-corrected chi connectivity index (χ4v) is 4.12. The number of nitrogens with zero attached hydrogens (tertiary/aromatic N) is 1. The van der Waals surface area contributed by atoms with Gasteiger partial charge in [-0.25, -0.2) is 0 Å². The van der Waals surface area contributed by atoms with Crippen LogP contribution in [0.25, 0.3) is 0 Å². The Morgan fingerprint density at radius 2 is 1.80 bits per heavy atom. The number of benzene rings is 1. The molecule has 1 saturated carbocycles. The van der Waals surface area contributed by atoms with Crippen LogP contribution < -0.4 is 0 Å². The van der Waals surface area contributed by atoms with Gasteiger partial charge in [0.25, 0.3) is 0 Å². The van der Waals surface area contributed by atoms with Crippen LogP contribution >= 0.6 is 0 Å². The molecule has 1 heterocycles. The molecule has 1 saturated heterocycles. The molecule has 1 aliphatic carbocycles. The monoisotopic (exact) mass is 411 g/mol. The Morgan fingerprint density at radius 3 is 2.53 bits per heavy atom. The van der Waals surface area contributed by atoms with E-state index in [9.17, 15) is 19.8 Å². The number of allylic oxidation sites excluding steroid dienone is 3. The molecule has 1 amide bonds. The van der Waals surface area contributed by atoms with E-state index in [2.05, 4.69) is 6.08 Å². The van der Waals surface area contributed by atoms with Crippen LogP contribution in [0.3, 0.4) is 0 Å². The predicted molar refractivity (Wildman–Crippen MR) is 117 cm³/mol. The van der Waals surface area contributed by atoms with E-state index in [-0.39, 0.29) is 23.5 Å². The fourth-order valence-electron chi connectivity index (χ4n) is 4.12. The van der Waals surface area contributed by atoms with Crippen LogP contribution in [0, 0.1) is 11.8 Å². The van der Waals surface area contributed by atoms with Gasteiger partial charge in [0.2, 0.25) is 5.91 Å². The number of unbranched alkanes of at least 4 members (excludes halogenated alkanes) is 1. The second-order valence-corrected chi connectivity index (χ2v) is 8.40. The summed E-state index contributed by atoms with van der Waals surface area (Å²) in [5.74, 6) is -0.0270. The summed E-state index contributed by atoms with van der Waals surface area (Å²) in [4.78, 5) is 25.7. The summed E-state index contributed by atoms with van der Waals surface area (Å²) in [6.45, 7) is 1.81. The van der Waals surface area contributed by atoms with Crippen LogP contribution in [0.15, 0.2) is 54.6 Å².